The minimum absolute atomic E-state index is 0.142. The summed E-state index contributed by atoms with van der Waals surface area (Å²) >= 11 is 11.6. The maximum atomic E-state index is 13.6. The van der Waals surface area contributed by atoms with Crippen LogP contribution in [0.15, 0.2) is 30.3 Å². The van der Waals surface area contributed by atoms with Gasteiger partial charge in [0.25, 0.3) is 0 Å². The summed E-state index contributed by atoms with van der Waals surface area (Å²) in [6.07, 6.45) is 0. The highest BCUT2D eigenvalue weighted by Gasteiger charge is 2.16. The second-order valence-electron chi connectivity index (χ2n) is 4.11. The molecule has 21 heavy (non-hydrogen) atoms. The third-order valence-corrected chi connectivity index (χ3v) is 3.35. The molecule has 0 aliphatic rings. The number of ether oxygens (including phenoxy) is 1. The van der Waals surface area contributed by atoms with E-state index in [4.69, 9.17) is 33.0 Å². The lowest BCUT2D eigenvalue weighted by molar-refractivity contribution is 0.0695. The second kappa shape index (κ2) is 6.28. The van der Waals surface area contributed by atoms with E-state index in [1.807, 2.05) is 0 Å². The molecule has 2 aromatic carbocycles. The number of benzene rings is 2. The van der Waals surface area contributed by atoms with Crippen molar-refractivity contribution >= 4 is 29.2 Å². The topological polar surface area (TPSA) is 46.5 Å². The Hall–Kier alpha value is -1.85. The fraction of sp³-hybridized carbons (Fsp3) is 0.0714. The van der Waals surface area contributed by atoms with Crippen LogP contribution in [0.4, 0.5) is 8.78 Å². The van der Waals surface area contributed by atoms with Crippen molar-refractivity contribution in [3.05, 3.63) is 63.1 Å². The van der Waals surface area contributed by atoms with Crippen LogP contribution >= 0.6 is 23.2 Å². The van der Waals surface area contributed by atoms with Gasteiger partial charge in [-0.15, -0.1) is 0 Å². The zero-order valence-electron chi connectivity index (χ0n) is 10.4. The highest BCUT2D eigenvalue weighted by atomic mass is 35.5. The number of hydrogen-bond donors (Lipinski definition) is 1. The Kier molecular flexibility index (Phi) is 4.65. The Balaban J connectivity index is 2.20. The molecule has 0 aliphatic carbocycles. The molecule has 0 radical (unpaired) electrons. The van der Waals surface area contributed by atoms with Gasteiger partial charge in [-0.2, -0.15) is 0 Å². The first kappa shape index (κ1) is 15.5. The Morgan fingerprint density at radius 1 is 1.10 bits per heavy atom. The van der Waals surface area contributed by atoms with E-state index in [-0.39, 0.29) is 6.61 Å². The van der Waals surface area contributed by atoms with Gasteiger partial charge >= 0.3 is 5.97 Å². The number of halogens is 4. The molecule has 0 heterocycles. The van der Waals surface area contributed by atoms with Gasteiger partial charge in [-0.05, 0) is 29.8 Å². The predicted octanol–water partition coefficient (Wildman–Crippen LogP) is 4.55. The summed E-state index contributed by atoms with van der Waals surface area (Å²) in [5.74, 6) is -4.25. The van der Waals surface area contributed by atoms with Crippen LogP contribution in [-0.4, -0.2) is 11.1 Å². The summed E-state index contributed by atoms with van der Waals surface area (Å²) in [6, 6.07) is 6.01. The zero-order chi connectivity index (χ0) is 15.6. The first-order valence-corrected chi connectivity index (χ1v) is 6.43. The van der Waals surface area contributed by atoms with Gasteiger partial charge in [0.05, 0.1) is 15.6 Å². The molecule has 0 saturated heterocycles. The van der Waals surface area contributed by atoms with Crippen molar-refractivity contribution in [3.8, 4) is 5.75 Å². The first-order chi connectivity index (χ1) is 9.88. The van der Waals surface area contributed by atoms with Crippen LogP contribution in [0.5, 0.6) is 5.75 Å². The summed E-state index contributed by atoms with van der Waals surface area (Å²) in [4.78, 5) is 10.7. The van der Waals surface area contributed by atoms with E-state index in [1.54, 1.807) is 6.07 Å². The van der Waals surface area contributed by atoms with Crippen molar-refractivity contribution in [2.75, 3.05) is 0 Å². The molecular formula is C14H8Cl2F2O3. The molecular weight excluding hydrogens is 325 g/mol. The molecule has 0 bridgehead atoms. The third kappa shape index (κ3) is 3.62. The predicted molar refractivity (Wildman–Crippen MR) is 74.1 cm³/mol. The molecule has 110 valence electrons. The number of hydrogen-bond acceptors (Lipinski definition) is 2. The van der Waals surface area contributed by atoms with E-state index in [9.17, 15) is 13.6 Å². The van der Waals surface area contributed by atoms with Gasteiger partial charge in [0.15, 0.2) is 17.4 Å². The summed E-state index contributed by atoms with van der Waals surface area (Å²) in [5, 5.41) is 9.33. The fourth-order valence-corrected chi connectivity index (χ4v) is 1.93. The molecule has 0 fully saturated rings. The quantitative estimate of drug-likeness (QED) is 0.893. The van der Waals surface area contributed by atoms with Gasteiger partial charge in [0, 0.05) is 0 Å². The number of carboxylic acids is 1. The molecule has 0 aromatic heterocycles. The lowest BCUT2D eigenvalue weighted by Gasteiger charge is -2.09. The van der Waals surface area contributed by atoms with E-state index >= 15 is 0 Å². The van der Waals surface area contributed by atoms with Crippen molar-refractivity contribution in [2.45, 2.75) is 6.61 Å². The van der Waals surface area contributed by atoms with E-state index < -0.39 is 28.9 Å². The summed E-state index contributed by atoms with van der Waals surface area (Å²) in [5.41, 5.74) is 0.0670. The van der Waals surface area contributed by atoms with Crippen LogP contribution in [0.25, 0.3) is 0 Å². The van der Waals surface area contributed by atoms with E-state index in [0.29, 0.717) is 27.7 Å². The van der Waals surface area contributed by atoms with Gasteiger partial charge in [0.1, 0.15) is 6.61 Å². The van der Waals surface area contributed by atoms with Crippen LogP contribution in [0, 0.1) is 11.6 Å². The molecule has 2 aromatic rings. The van der Waals surface area contributed by atoms with Crippen LogP contribution in [0.1, 0.15) is 15.9 Å². The third-order valence-electron chi connectivity index (χ3n) is 2.61. The van der Waals surface area contributed by atoms with Gasteiger partial charge in [-0.1, -0.05) is 29.3 Å². The van der Waals surface area contributed by atoms with Crippen molar-refractivity contribution in [1.29, 1.82) is 0 Å². The average molecular weight is 333 g/mol. The smallest absolute Gasteiger partial charge is 0.335 e. The molecule has 0 aliphatic heterocycles. The van der Waals surface area contributed by atoms with Crippen LogP contribution in [-0.2, 0) is 6.61 Å². The molecule has 1 N–H and O–H groups in total. The van der Waals surface area contributed by atoms with Gasteiger partial charge in [-0.25, -0.2) is 13.6 Å². The second-order valence-corrected chi connectivity index (χ2v) is 4.93. The Morgan fingerprint density at radius 3 is 2.24 bits per heavy atom. The van der Waals surface area contributed by atoms with E-state index in [1.165, 1.54) is 12.1 Å². The van der Waals surface area contributed by atoms with Crippen molar-refractivity contribution in [2.24, 2.45) is 0 Å². The highest BCUT2D eigenvalue weighted by Crippen LogP contribution is 2.26. The number of rotatable bonds is 4. The summed E-state index contributed by atoms with van der Waals surface area (Å²) < 4.78 is 32.3. The monoisotopic (exact) mass is 332 g/mol. The molecule has 0 atom stereocenters. The molecule has 7 heteroatoms. The molecule has 0 unspecified atom stereocenters. The summed E-state index contributed by atoms with van der Waals surface area (Å²) in [6.45, 7) is -0.142. The Bertz CT molecular complexity index is 682. The maximum absolute atomic E-state index is 13.6. The lowest BCUT2D eigenvalue weighted by Crippen LogP contribution is -2.04. The van der Waals surface area contributed by atoms with Gasteiger partial charge < -0.3 is 9.84 Å². The fourth-order valence-electron chi connectivity index (χ4n) is 1.61. The lowest BCUT2D eigenvalue weighted by atomic mass is 10.2. The molecule has 0 saturated carbocycles. The number of carbonyl (C=O) groups is 1. The SMILES string of the molecule is O=C(O)c1cc(F)c(OCc2ccc(Cl)c(Cl)c2)c(F)c1. The van der Waals surface area contributed by atoms with Crippen molar-refractivity contribution < 1.29 is 23.4 Å². The molecule has 0 spiro atoms. The average Bonchev–Trinajstić information content (AvgIpc) is 2.41. The van der Waals surface area contributed by atoms with Gasteiger partial charge in [0.2, 0.25) is 0 Å². The maximum Gasteiger partial charge on any atom is 0.335 e. The molecule has 0 amide bonds. The zero-order valence-corrected chi connectivity index (χ0v) is 11.9. The number of carboxylic acid groups (broad SMARTS) is 1. The first-order valence-electron chi connectivity index (χ1n) is 5.67. The minimum Gasteiger partial charge on any atom is -0.483 e. The molecule has 2 rings (SSSR count). The van der Waals surface area contributed by atoms with E-state index in [2.05, 4.69) is 0 Å². The summed E-state index contributed by atoms with van der Waals surface area (Å²) in [7, 11) is 0. The van der Waals surface area contributed by atoms with Crippen LogP contribution in [0.3, 0.4) is 0 Å². The van der Waals surface area contributed by atoms with Crippen LogP contribution in [0.2, 0.25) is 10.0 Å². The van der Waals surface area contributed by atoms with Gasteiger partial charge in [-0.3, -0.25) is 0 Å². The Morgan fingerprint density at radius 2 is 1.71 bits per heavy atom. The Labute approximate surface area is 128 Å². The van der Waals surface area contributed by atoms with Crippen molar-refractivity contribution in [3.63, 3.8) is 0 Å². The molecule has 3 nitrogen and oxygen atoms in total. The van der Waals surface area contributed by atoms with E-state index in [0.717, 1.165) is 0 Å². The highest BCUT2D eigenvalue weighted by molar-refractivity contribution is 6.42. The number of aromatic carboxylic acids is 1. The van der Waals surface area contributed by atoms with Crippen molar-refractivity contribution in [1.82, 2.24) is 0 Å². The largest absolute Gasteiger partial charge is 0.483 e. The standard InChI is InChI=1S/C14H8Cl2F2O3/c15-9-2-1-7(3-10(9)16)6-21-13-11(17)4-8(14(19)20)5-12(13)18/h1-5H,6H2,(H,19,20). The van der Waals surface area contributed by atoms with Crippen LogP contribution < -0.4 is 4.74 Å². The normalized spacial score (nSPS) is 10.5. The minimum atomic E-state index is -1.43.